The maximum Gasteiger partial charge on any atom is 0.432 e. The number of hydrogen-bond donors (Lipinski definition) is 1. The van der Waals surface area contributed by atoms with E-state index in [1.165, 1.54) is 18.2 Å². The Morgan fingerprint density at radius 2 is 1.35 bits per heavy atom. The number of methoxy groups -OCH3 is 1. The van der Waals surface area contributed by atoms with Crippen LogP contribution in [0.5, 0.6) is 23.0 Å². The average molecular weight is 746 g/mol. The largest absolute Gasteiger partial charge is 0.490 e. The summed E-state index contributed by atoms with van der Waals surface area (Å²) in [6.45, 7) is -3.44. The van der Waals surface area contributed by atoms with Crippen molar-refractivity contribution < 1.29 is 84.9 Å². The molecule has 1 N–H and O–H groups in total. The quantitative estimate of drug-likeness (QED) is 0.0728. The topological polar surface area (TPSA) is 101 Å². The molecule has 0 aliphatic carbocycles. The molecule has 2 unspecified atom stereocenters. The summed E-state index contributed by atoms with van der Waals surface area (Å²) >= 11 is 0. The van der Waals surface area contributed by atoms with Crippen molar-refractivity contribution in [3.05, 3.63) is 66.7 Å². The van der Waals surface area contributed by atoms with E-state index in [-0.39, 0.29) is 21.3 Å². The first-order valence-electron chi connectivity index (χ1n) is 12.8. The summed E-state index contributed by atoms with van der Waals surface area (Å²) in [5.41, 5.74) is -4.77. The molecule has 1 aliphatic rings. The van der Waals surface area contributed by atoms with E-state index in [0.29, 0.717) is 4.90 Å². The third-order valence-corrected chi connectivity index (χ3v) is 9.66. The third kappa shape index (κ3) is 7.24. The average Bonchev–Trinajstić information content (AvgIpc) is 2.96. The van der Waals surface area contributed by atoms with E-state index in [1.54, 1.807) is 12.1 Å². The van der Waals surface area contributed by atoms with Gasteiger partial charge in [-0.05, 0) is 42.5 Å². The lowest BCUT2D eigenvalue weighted by atomic mass is 10.0. The molecule has 0 radical (unpaired) electrons. The van der Waals surface area contributed by atoms with Gasteiger partial charge >= 0.3 is 33.9 Å². The van der Waals surface area contributed by atoms with Gasteiger partial charge in [0, 0.05) is 19.2 Å². The lowest BCUT2D eigenvalue weighted by Crippen LogP contribution is -2.62. The van der Waals surface area contributed by atoms with E-state index >= 15 is 0 Å². The predicted molar refractivity (Wildman–Crippen MR) is 142 cm³/mol. The minimum absolute atomic E-state index is 0.0952. The Morgan fingerprint density at radius 3 is 1.90 bits per heavy atom. The number of halogens is 11. The zero-order chi connectivity index (χ0) is 35.9. The Kier molecular flexibility index (Phi) is 10.1. The van der Waals surface area contributed by atoms with Crippen LogP contribution in [0.3, 0.4) is 0 Å². The fourth-order valence-electron chi connectivity index (χ4n) is 4.15. The second-order valence-corrected chi connectivity index (χ2v) is 13.1. The molecule has 0 amide bonds. The summed E-state index contributed by atoms with van der Waals surface area (Å²) in [5.74, 6) is -1.30. The number of benzene rings is 3. The first-order chi connectivity index (χ1) is 22.0. The molecule has 2 atom stereocenters. The van der Waals surface area contributed by atoms with Crippen LogP contribution in [-0.2, 0) is 30.5 Å². The predicted octanol–water partition coefficient (Wildman–Crippen LogP) is 7.54. The van der Waals surface area contributed by atoms with Crippen LogP contribution in [0.15, 0.2) is 81.4 Å². The number of ether oxygens (including phenoxy) is 5. The molecule has 0 fully saturated rings. The highest BCUT2D eigenvalue weighted by Gasteiger charge is 2.73. The normalized spacial score (nSPS) is 16.4. The number of alkyl halides is 11. The van der Waals surface area contributed by atoms with Crippen molar-refractivity contribution in [2.45, 2.75) is 50.2 Å². The van der Waals surface area contributed by atoms with Gasteiger partial charge in [-0.3, -0.25) is 4.55 Å². The third-order valence-electron chi connectivity index (χ3n) is 6.46. The summed E-state index contributed by atoms with van der Waals surface area (Å²) in [4.78, 5) is 1.01. The Bertz CT molecular complexity index is 1700. The first-order valence-corrected chi connectivity index (χ1v) is 15.4. The number of rotatable bonds is 11. The molecule has 0 spiro atoms. The van der Waals surface area contributed by atoms with Gasteiger partial charge in [0.2, 0.25) is 9.79 Å². The van der Waals surface area contributed by atoms with Crippen molar-refractivity contribution in [3.63, 3.8) is 0 Å². The first kappa shape index (κ1) is 37.3. The SMILES string of the molecule is COCOC(COc1ccc2c(c1)Oc1ccccc1[S+]2c1ccc(OC(C(F)(F)F)C(F)(F)S(=O)(=O)O)cc1)(C(F)(F)F)C(F)(F)F. The zero-order valence-electron chi connectivity index (χ0n) is 23.6. The number of hydrogen-bond acceptors (Lipinski definition) is 7. The molecule has 264 valence electrons. The minimum Gasteiger partial charge on any atom is -0.490 e. The van der Waals surface area contributed by atoms with Crippen LogP contribution in [0.2, 0.25) is 0 Å². The van der Waals surface area contributed by atoms with Crippen LogP contribution in [0, 0.1) is 0 Å². The van der Waals surface area contributed by atoms with Gasteiger partial charge in [-0.1, -0.05) is 12.1 Å². The van der Waals surface area contributed by atoms with E-state index in [2.05, 4.69) is 14.2 Å². The van der Waals surface area contributed by atoms with Gasteiger partial charge in [0.25, 0.3) is 11.7 Å². The van der Waals surface area contributed by atoms with E-state index in [4.69, 9.17) is 14.0 Å². The smallest absolute Gasteiger partial charge is 0.432 e. The van der Waals surface area contributed by atoms with E-state index < -0.39 is 81.4 Å². The van der Waals surface area contributed by atoms with Crippen LogP contribution in [0.1, 0.15) is 0 Å². The molecule has 0 saturated carbocycles. The lowest BCUT2D eigenvalue weighted by Gasteiger charge is -2.36. The highest BCUT2D eigenvalue weighted by molar-refractivity contribution is 7.97. The van der Waals surface area contributed by atoms with Crippen LogP contribution in [-0.4, -0.2) is 69.0 Å². The van der Waals surface area contributed by atoms with E-state index in [0.717, 1.165) is 43.5 Å². The van der Waals surface area contributed by atoms with Gasteiger partial charge in [-0.2, -0.15) is 56.7 Å². The van der Waals surface area contributed by atoms with Crippen LogP contribution in [0.4, 0.5) is 48.3 Å². The Balaban J connectivity index is 1.68. The van der Waals surface area contributed by atoms with Crippen molar-refractivity contribution >= 4 is 21.0 Å². The van der Waals surface area contributed by atoms with Gasteiger partial charge in [-0.15, -0.1) is 0 Å². The fraction of sp³-hybridized carbons (Fsp3) is 0.333. The molecule has 21 heteroatoms. The molecule has 4 rings (SSSR count). The van der Waals surface area contributed by atoms with E-state index in [1.807, 2.05) is 0 Å². The van der Waals surface area contributed by atoms with Crippen molar-refractivity contribution in [2.75, 3.05) is 20.5 Å². The van der Waals surface area contributed by atoms with Gasteiger partial charge in [0.15, 0.2) is 16.4 Å². The van der Waals surface area contributed by atoms with E-state index in [9.17, 15) is 56.7 Å². The van der Waals surface area contributed by atoms with Crippen molar-refractivity contribution in [1.29, 1.82) is 0 Å². The van der Waals surface area contributed by atoms with Gasteiger partial charge in [0.1, 0.15) is 35.8 Å². The Labute approximate surface area is 266 Å². The van der Waals surface area contributed by atoms with Crippen LogP contribution in [0.25, 0.3) is 0 Å². The monoisotopic (exact) mass is 745 g/mol. The van der Waals surface area contributed by atoms with Gasteiger partial charge < -0.3 is 23.7 Å². The minimum atomic E-state index is -6.56. The highest BCUT2D eigenvalue weighted by Crippen LogP contribution is 2.50. The van der Waals surface area contributed by atoms with Crippen molar-refractivity contribution in [1.82, 2.24) is 0 Å². The van der Waals surface area contributed by atoms with Gasteiger partial charge in [0.05, 0.1) is 0 Å². The standard InChI is InChI=1S/C27H19F11O8S2/c1-42-14-44-23(26(33,34)35,27(36,37)38)13-43-16-8-11-21-19(12-16)46-18-4-2-3-5-20(18)47(21)17-9-6-15(7-10-17)45-22(24(28,29)30)25(31,32)48(39,40)41/h2-12,22H,13-14H2,1H3/p+1. The zero-order valence-corrected chi connectivity index (χ0v) is 25.3. The molecule has 0 aromatic heterocycles. The van der Waals surface area contributed by atoms with Crippen molar-refractivity contribution in [3.8, 4) is 23.0 Å². The van der Waals surface area contributed by atoms with Gasteiger partial charge in [-0.25, -0.2) is 0 Å². The molecule has 1 aliphatic heterocycles. The summed E-state index contributed by atoms with van der Waals surface area (Å²) in [6, 6.07) is 13.3. The molecule has 3 aromatic rings. The Morgan fingerprint density at radius 1 is 0.792 bits per heavy atom. The maximum atomic E-state index is 14.0. The molecule has 8 nitrogen and oxygen atoms in total. The second-order valence-electron chi connectivity index (χ2n) is 9.67. The Hall–Kier alpha value is -3.53. The maximum absolute atomic E-state index is 14.0. The van der Waals surface area contributed by atoms with Crippen molar-refractivity contribution in [2.24, 2.45) is 0 Å². The lowest BCUT2D eigenvalue weighted by molar-refractivity contribution is -0.397. The molecular weight excluding hydrogens is 725 g/mol. The second kappa shape index (κ2) is 13.1. The number of para-hydroxylation sites is 1. The van der Waals surface area contributed by atoms with Crippen LogP contribution >= 0.6 is 0 Å². The molecule has 0 saturated heterocycles. The molecular formula is C27H20F11O8S2+. The number of fused-ring (bicyclic) bond motifs is 2. The molecule has 0 bridgehead atoms. The highest BCUT2D eigenvalue weighted by atomic mass is 32.2. The summed E-state index contributed by atoms with van der Waals surface area (Å²) < 4.78 is 204. The molecule has 1 heterocycles. The molecule has 3 aromatic carbocycles. The summed E-state index contributed by atoms with van der Waals surface area (Å²) in [5, 5.41) is -5.78. The molecule has 48 heavy (non-hydrogen) atoms. The summed E-state index contributed by atoms with van der Waals surface area (Å²) in [6.07, 6.45) is -22.2. The summed E-state index contributed by atoms with van der Waals surface area (Å²) in [7, 11) is -6.97. The van der Waals surface area contributed by atoms with Crippen LogP contribution < -0.4 is 14.2 Å². The fourth-order valence-corrected chi connectivity index (χ4v) is 6.78.